The van der Waals surface area contributed by atoms with Crippen LogP contribution in [0.1, 0.15) is 223 Å². The Morgan fingerprint density at radius 3 is 1.36 bits per heavy atom. The van der Waals surface area contributed by atoms with Crippen molar-refractivity contribution in [3.8, 4) is 10.0 Å². The van der Waals surface area contributed by atoms with E-state index >= 15 is 0 Å². The van der Waals surface area contributed by atoms with E-state index in [1.807, 2.05) is 71.5 Å². The van der Waals surface area contributed by atoms with Crippen molar-refractivity contribution in [2.45, 2.75) is 169 Å². The Morgan fingerprint density at radius 2 is 0.946 bits per heavy atom. The number of thiophene rings is 2. The number of aliphatic carboxylic acids is 1. The first-order valence-electron chi connectivity index (χ1n) is 36.6. The average molecular weight is 1580 g/mol. The Kier molecular flexibility index (Phi) is 24.7. The number of nitrogens with one attached hydrogen (secondary N) is 5. The van der Waals surface area contributed by atoms with Gasteiger partial charge in [0.2, 0.25) is 29.5 Å². The van der Waals surface area contributed by atoms with Crippen molar-refractivity contribution in [3.05, 3.63) is 184 Å². The molecule has 6 aliphatic heterocycles. The number of aliphatic imine (C=N–C) groups is 2. The van der Waals surface area contributed by atoms with E-state index in [0.717, 1.165) is 101 Å². The van der Waals surface area contributed by atoms with Gasteiger partial charge in [-0.05, 0) is 133 Å². The number of hydrogen-bond donors (Lipinski definition) is 6. The molecule has 4 atom stereocenters. The molecule has 0 spiro atoms. The quantitative estimate of drug-likeness (QED) is 0.0229. The van der Waals surface area contributed by atoms with Crippen LogP contribution >= 0.6 is 45.9 Å². The molecule has 2 fully saturated rings. The number of halogens is 2. The van der Waals surface area contributed by atoms with Gasteiger partial charge in [0.1, 0.15) is 45.8 Å². The molecule has 6 N–H and O–H groups in total. The molecule has 4 aromatic heterocycles. The number of carbonyl (C=O) groups is 12. The minimum Gasteiger partial charge on any atom is -0.481 e. The number of nitrogens with zero attached hydrogens (tertiary/aromatic N) is 10. The van der Waals surface area contributed by atoms with Crippen LogP contribution in [0.4, 0.5) is 11.4 Å². The van der Waals surface area contributed by atoms with E-state index in [2.05, 4.69) is 81.6 Å². The zero-order chi connectivity index (χ0) is 79.2. The number of fused-ring (bicyclic) bond motifs is 8. The maximum atomic E-state index is 13.3. The van der Waals surface area contributed by atoms with E-state index in [1.165, 1.54) is 17.0 Å². The Bertz CT molecular complexity index is 5170. The molecule has 9 amide bonds. The molecule has 32 heteroatoms. The number of benzene rings is 4. The van der Waals surface area contributed by atoms with Gasteiger partial charge in [0.25, 0.3) is 23.6 Å². The van der Waals surface area contributed by atoms with Crippen molar-refractivity contribution in [2.24, 2.45) is 9.98 Å². The Morgan fingerprint density at radius 1 is 0.523 bits per heavy atom. The third-order valence-electron chi connectivity index (χ3n) is 20.1. The molecule has 111 heavy (non-hydrogen) atoms. The molecule has 14 rings (SSSR count). The number of Topliss-reactive ketones (excluding diaryl/α,β-unsaturated/α-hetero) is 2. The fourth-order valence-electron chi connectivity index (χ4n) is 14.2. The van der Waals surface area contributed by atoms with E-state index < -0.39 is 77.4 Å². The van der Waals surface area contributed by atoms with Crippen LogP contribution in [0.5, 0.6) is 0 Å². The summed E-state index contributed by atoms with van der Waals surface area (Å²) in [5.41, 5.74) is 8.90. The molecule has 2 unspecified atom stereocenters. The normalized spacial score (nSPS) is 17.4. The van der Waals surface area contributed by atoms with Crippen LogP contribution in [0.2, 0.25) is 10.0 Å². The fourth-order valence-corrected chi connectivity index (χ4v) is 16.8. The monoisotopic (exact) mass is 1580 g/mol. The topological polar surface area (TPSA) is 378 Å². The first-order chi connectivity index (χ1) is 53.2. The lowest BCUT2D eigenvalue weighted by Gasteiger charge is -2.27. The molecular formula is C79H81Cl2N15O13S2. The second kappa shape index (κ2) is 34.5. The van der Waals surface area contributed by atoms with Gasteiger partial charge < -0.3 is 21.1 Å². The molecule has 576 valence electrons. The number of amides is 9. The van der Waals surface area contributed by atoms with Crippen LogP contribution in [0, 0.1) is 41.5 Å². The number of imide groups is 4. The van der Waals surface area contributed by atoms with Crippen molar-refractivity contribution in [2.75, 3.05) is 30.3 Å². The fraction of sp³-hybridized carbons (Fsp3) is 0.367. The van der Waals surface area contributed by atoms with Gasteiger partial charge in [-0.3, -0.25) is 97.1 Å². The Labute approximate surface area is 656 Å². The van der Waals surface area contributed by atoms with E-state index in [4.69, 9.17) is 33.2 Å². The predicted octanol–water partition coefficient (Wildman–Crippen LogP) is 11.3. The number of carbonyl (C=O) groups excluding carboxylic acids is 11. The second-order valence-corrected chi connectivity index (χ2v) is 31.0. The van der Waals surface area contributed by atoms with E-state index in [9.17, 15) is 62.6 Å². The van der Waals surface area contributed by atoms with Gasteiger partial charge in [-0.25, -0.2) is 0 Å². The van der Waals surface area contributed by atoms with Gasteiger partial charge in [0.15, 0.2) is 23.2 Å². The predicted molar refractivity (Wildman–Crippen MR) is 417 cm³/mol. The summed E-state index contributed by atoms with van der Waals surface area (Å²) in [6.45, 7) is 14.6. The SMILES string of the molecule is CCCCCCC(=O)CNc1cccc2c1C(=O)N(C1CCC(=O)NC1=O)C2=O.Cc1sc2c(c1C)C(c1ccc(Cl)cc1)=N[C@@H](CC(=O)NCCCCCC(=O)CNc1cccc3c1C(=O)N(C1CCC(=O)NC1=O)C3=O)c1nnc(C)n1-2.Cc1sc2c(c1C)C(c1ccc(Cl)cc1)=N[C@@H](CC(=O)O)c1nnc(C)n1-2. The van der Waals surface area contributed by atoms with Crippen LogP contribution in [-0.2, 0) is 38.4 Å². The molecule has 0 saturated carbocycles. The molecule has 0 radical (unpaired) electrons. The van der Waals surface area contributed by atoms with Gasteiger partial charge in [0.05, 0.1) is 59.6 Å². The van der Waals surface area contributed by atoms with Crippen molar-refractivity contribution in [1.82, 2.24) is 55.3 Å². The number of rotatable bonds is 25. The zero-order valence-electron chi connectivity index (χ0n) is 62.0. The maximum Gasteiger partial charge on any atom is 0.306 e. The highest BCUT2D eigenvalue weighted by Crippen LogP contribution is 2.43. The first-order valence-corrected chi connectivity index (χ1v) is 39.0. The molecule has 4 aromatic carbocycles. The standard InChI is InChI=1S/C39H39ClN8O6S.C21H25N3O5.C19H17ClN4O2S/c1-20-21(2)55-39-32(20)34(23-11-13-24(40)14-12-23)43-28(35-46-45-22(3)47(35)39)18-31(51)41-17-6-4-5-8-25(49)19-42-27-10-7-9-26-33(27)38(54)48(37(26)53)29-15-16-30(50)44-36(29)52;1-2-3-4-5-7-13(25)12-22-15-9-6-8-14-18(15)21(29)24(20(14)28)16-10-11-17(26)23-19(16)27;1-9-10(2)27-19-16(9)17(12-4-6-13(20)7-5-12)21-14(8-15(25)26)18-23-22-11(3)24(18)19/h7,9-14,28-29,42H,4-6,8,15-19H2,1-3H3,(H,41,51)(H,44,50,52);6,8-9,16,22H,2-5,7,10-12H2,1H3,(H,23,26,27);4-7,14H,8H2,1-3H3,(H,25,26)/t28-,29?;;14-/m0.0/s1. The van der Waals surface area contributed by atoms with Gasteiger partial charge in [-0.15, -0.1) is 43.1 Å². The zero-order valence-corrected chi connectivity index (χ0v) is 65.2. The number of aryl methyl sites for hydroxylation is 4. The number of carboxylic acids is 1. The lowest BCUT2D eigenvalue weighted by atomic mass is 9.99. The molecule has 6 aliphatic rings. The highest BCUT2D eigenvalue weighted by molar-refractivity contribution is 7.15. The van der Waals surface area contributed by atoms with Gasteiger partial charge in [-0.1, -0.05) is 92.2 Å². The van der Waals surface area contributed by atoms with Crippen LogP contribution in [-0.4, -0.2) is 158 Å². The van der Waals surface area contributed by atoms with Crippen LogP contribution < -0.4 is 26.6 Å². The molecule has 2 saturated heterocycles. The lowest BCUT2D eigenvalue weighted by molar-refractivity contribution is -0.138. The van der Waals surface area contributed by atoms with Crippen LogP contribution in [0.25, 0.3) is 10.0 Å². The van der Waals surface area contributed by atoms with E-state index in [0.29, 0.717) is 71.1 Å². The van der Waals surface area contributed by atoms with E-state index in [-0.39, 0.29) is 97.8 Å². The Hall–Kier alpha value is -11.1. The molecule has 0 aliphatic carbocycles. The number of carboxylic acid groups (broad SMARTS) is 1. The molecule has 0 bridgehead atoms. The highest BCUT2D eigenvalue weighted by atomic mass is 35.5. The molecule has 10 heterocycles. The average Bonchev–Trinajstić information content (AvgIpc) is 1.61. The third-order valence-corrected chi connectivity index (χ3v) is 23.0. The van der Waals surface area contributed by atoms with Crippen LogP contribution in [0.3, 0.4) is 0 Å². The lowest BCUT2D eigenvalue weighted by Crippen LogP contribution is -2.54. The van der Waals surface area contributed by atoms with Crippen molar-refractivity contribution in [3.63, 3.8) is 0 Å². The van der Waals surface area contributed by atoms with Crippen LogP contribution in [0.15, 0.2) is 94.9 Å². The summed E-state index contributed by atoms with van der Waals surface area (Å²) in [5, 5.41) is 43.2. The summed E-state index contributed by atoms with van der Waals surface area (Å²) >= 11 is 15.6. The first kappa shape index (κ1) is 79.5. The van der Waals surface area contributed by atoms with Crippen molar-refractivity contribution in [1.29, 1.82) is 0 Å². The van der Waals surface area contributed by atoms with E-state index in [1.54, 1.807) is 46.9 Å². The van der Waals surface area contributed by atoms with Crippen molar-refractivity contribution < 1.29 is 62.6 Å². The summed E-state index contributed by atoms with van der Waals surface area (Å²) in [4.78, 5) is 163. The second-order valence-electron chi connectivity index (χ2n) is 27.7. The molecule has 8 aromatic rings. The number of unbranched alkanes of at least 4 members (excludes halogenated alkanes) is 5. The number of anilines is 2. The minimum absolute atomic E-state index is 0.0267. The summed E-state index contributed by atoms with van der Waals surface area (Å²) in [6.07, 6.45) is 6.96. The summed E-state index contributed by atoms with van der Waals surface area (Å²) < 4.78 is 3.95. The number of hydrogen-bond acceptors (Lipinski definition) is 22. The summed E-state index contributed by atoms with van der Waals surface area (Å²) in [7, 11) is 0. The number of piperidine rings is 2. The number of aromatic nitrogens is 6. The number of ketones is 2. The minimum atomic E-state index is -1.07. The van der Waals surface area contributed by atoms with Gasteiger partial charge >= 0.3 is 5.97 Å². The molecular weight excluding hydrogens is 1500 g/mol. The largest absolute Gasteiger partial charge is 0.481 e. The maximum absolute atomic E-state index is 13.3. The Balaban J connectivity index is 0.000000171. The van der Waals surface area contributed by atoms with Gasteiger partial charge in [-0.2, -0.15) is 0 Å². The molecule has 28 nitrogen and oxygen atoms in total. The third kappa shape index (κ3) is 17.0. The summed E-state index contributed by atoms with van der Waals surface area (Å²) in [5.74, 6) is -3.13. The van der Waals surface area contributed by atoms with Crippen molar-refractivity contribution >= 4 is 139 Å². The highest BCUT2D eigenvalue weighted by Gasteiger charge is 2.48. The van der Waals surface area contributed by atoms with Gasteiger partial charge in [0, 0.05) is 85.7 Å². The smallest absolute Gasteiger partial charge is 0.306 e. The summed E-state index contributed by atoms with van der Waals surface area (Å²) in [6, 6.07) is 21.2.